The first-order valence-corrected chi connectivity index (χ1v) is 7.03. The molecule has 0 aromatic heterocycles. The third kappa shape index (κ3) is 2.86. The fourth-order valence-electron chi connectivity index (χ4n) is 2.45. The number of likely N-dealkylation sites (tertiary alicyclic amines) is 1. The number of carbonyl (C=O) groups excluding carboxylic acids is 1. The van der Waals surface area contributed by atoms with Crippen molar-refractivity contribution in [2.45, 2.75) is 32.2 Å². The van der Waals surface area contributed by atoms with E-state index in [2.05, 4.69) is 22.9 Å². The first kappa shape index (κ1) is 13.4. The van der Waals surface area contributed by atoms with Crippen molar-refractivity contribution >= 4 is 21.8 Å². The molecule has 98 valence electrons. The quantitative estimate of drug-likeness (QED) is 0.859. The van der Waals surface area contributed by atoms with Crippen molar-refractivity contribution in [3.63, 3.8) is 0 Å². The molecular weight excluding hydrogens is 294 g/mol. The van der Waals surface area contributed by atoms with Crippen LogP contribution in [0.1, 0.15) is 25.3 Å². The van der Waals surface area contributed by atoms with E-state index in [1.165, 1.54) is 0 Å². The van der Waals surface area contributed by atoms with Gasteiger partial charge in [0.2, 0.25) is 5.91 Å². The molecule has 1 aromatic carbocycles. The minimum atomic E-state index is 0.191. The minimum Gasteiger partial charge on any atom is -0.496 e. The molecule has 2 rings (SSSR count). The second kappa shape index (κ2) is 5.74. The highest BCUT2D eigenvalue weighted by molar-refractivity contribution is 9.10. The lowest BCUT2D eigenvalue weighted by atomic mass is 10.1. The van der Waals surface area contributed by atoms with Gasteiger partial charge < -0.3 is 9.64 Å². The van der Waals surface area contributed by atoms with E-state index in [0.29, 0.717) is 12.5 Å². The molecule has 3 nitrogen and oxygen atoms in total. The van der Waals surface area contributed by atoms with Crippen molar-refractivity contribution in [2.24, 2.45) is 0 Å². The number of hydrogen-bond donors (Lipinski definition) is 0. The molecule has 1 atom stereocenters. The molecule has 1 heterocycles. The van der Waals surface area contributed by atoms with E-state index < -0.39 is 0 Å². The van der Waals surface area contributed by atoms with Crippen LogP contribution in [0.3, 0.4) is 0 Å². The summed E-state index contributed by atoms with van der Waals surface area (Å²) in [7, 11) is 1.63. The highest BCUT2D eigenvalue weighted by Gasteiger charge is 2.25. The summed E-state index contributed by atoms with van der Waals surface area (Å²) in [5.74, 6) is 0.967. The van der Waals surface area contributed by atoms with Crippen LogP contribution in [-0.4, -0.2) is 30.5 Å². The third-order valence-electron chi connectivity index (χ3n) is 3.46. The molecule has 1 amide bonds. The van der Waals surface area contributed by atoms with E-state index >= 15 is 0 Å². The summed E-state index contributed by atoms with van der Waals surface area (Å²) in [6.45, 7) is 3.00. The maximum absolute atomic E-state index is 12.3. The average molecular weight is 312 g/mol. The highest BCUT2D eigenvalue weighted by Crippen LogP contribution is 2.25. The lowest BCUT2D eigenvalue weighted by molar-refractivity contribution is -0.131. The first-order chi connectivity index (χ1) is 8.61. The van der Waals surface area contributed by atoms with Gasteiger partial charge in [-0.15, -0.1) is 0 Å². The summed E-state index contributed by atoms with van der Waals surface area (Å²) in [4.78, 5) is 14.2. The molecule has 4 heteroatoms. The molecule has 0 bridgehead atoms. The number of methoxy groups -OCH3 is 1. The summed E-state index contributed by atoms with van der Waals surface area (Å²) < 4.78 is 6.27. The number of benzene rings is 1. The van der Waals surface area contributed by atoms with Crippen LogP contribution in [0.15, 0.2) is 22.7 Å². The number of nitrogens with zero attached hydrogens (tertiary/aromatic N) is 1. The van der Waals surface area contributed by atoms with Gasteiger partial charge in [-0.1, -0.05) is 15.9 Å². The standard InChI is InChI=1S/C14H18BrNO2/c1-10-4-3-7-16(10)14(17)9-11-8-12(15)5-6-13(11)18-2/h5-6,8,10H,3-4,7,9H2,1-2H3. The van der Waals surface area contributed by atoms with Gasteiger partial charge in [0.1, 0.15) is 5.75 Å². The predicted molar refractivity (Wildman–Crippen MR) is 74.8 cm³/mol. The molecule has 18 heavy (non-hydrogen) atoms. The molecule has 1 fully saturated rings. The zero-order valence-corrected chi connectivity index (χ0v) is 12.4. The second-order valence-electron chi connectivity index (χ2n) is 4.71. The molecule has 1 aliphatic rings. The number of halogens is 1. The Morgan fingerprint density at radius 3 is 2.94 bits per heavy atom. The van der Waals surface area contributed by atoms with Crippen LogP contribution in [0.5, 0.6) is 5.75 Å². The number of hydrogen-bond acceptors (Lipinski definition) is 2. The van der Waals surface area contributed by atoms with Crippen LogP contribution in [0, 0.1) is 0 Å². The largest absolute Gasteiger partial charge is 0.496 e. The molecule has 0 N–H and O–H groups in total. The maximum Gasteiger partial charge on any atom is 0.227 e. The van der Waals surface area contributed by atoms with Crippen LogP contribution < -0.4 is 4.74 Å². The maximum atomic E-state index is 12.3. The smallest absolute Gasteiger partial charge is 0.227 e. The van der Waals surface area contributed by atoms with Crippen molar-refractivity contribution in [3.8, 4) is 5.75 Å². The minimum absolute atomic E-state index is 0.191. The van der Waals surface area contributed by atoms with Gasteiger partial charge in [-0.3, -0.25) is 4.79 Å². The molecule has 0 aliphatic carbocycles. The Kier molecular flexibility index (Phi) is 4.27. The highest BCUT2D eigenvalue weighted by atomic mass is 79.9. The lowest BCUT2D eigenvalue weighted by Gasteiger charge is -2.22. The van der Waals surface area contributed by atoms with Crippen LogP contribution in [0.4, 0.5) is 0 Å². The molecule has 0 saturated carbocycles. The Morgan fingerprint density at radius 2 is 2.33 bits per heavy atom. The molecule has 1 saturated heterocycles. The second-order valence-corrected chi connectivity index (χ2v) is 5.63. The molecule has 0 radical (unpaired) electrons. The predicted octanol–water partition coefficient (Wildman–Crippen LogP) is 3.01. The van der Waals surface area contributed by atoms with Gasteiger partial charge in [0.25, 0.3) is 0 Å². The fourth-order valence-corrected chi connectivity index (χ4v) is 2.86. The van der Waals surface area contributed by atoms with Crippen LogP contribution in [0.25, 0.3) is 0 Å². The Morgan fingerprint density at radius 1 is 1.56 bits per heavy atom. The Hall–Kier alpha value is -1.03. The summed E-state index contributed by atoms with van der Waals surface area (Å²) in [6, 6.07) is 6.14. The number of ether oxygens (including phenoxy) is 1. The molecule has 1 unspecified atom stereocenters. The van der Waals surface area contributed by atoms with Gasteiger partial charge in [0.05, 0.1) is 13.5 Å². The van der Waals surface area contributed by atoms with Crippen LogP contribution in [0.2, 0.25) is 0 Å². The molecule has 1 aliphatic heterocycles. The van der Waals surface area contributed by atoms with E-state index in [0.717, 1.165) is 35.2 Å². The van der Waals surface area contributed by atoms with Gasteiger partial charge in [-0.05, 0) is 38.0 Å². The zero-order chi connectivity index (χ0) is 13.1. The van der Waals surface area contributed by atoms with Gasteiger partial charge in [0, 0.05) is 22.6 Å². The van der Waals surface area contributed by atoms with E-state index in [1.807, 2.05) is 23.1 Å². The average Bonchev–Trinajstić information content (AvgIpc) is 2.76. The van der Waals surface area contributed by atoms with Gasteiger partial charge in [0.15, 0.2) is 0 Å². The van der Waals surface area contributed by atoms with Gasteiger partial charge in [-0.2, -0.15) is 0 Å². The van der Waals surface area contributed by atoms with Crippen LogP contribution in [-0.2, 0) is 11.2 Å². The molecular formula is C14H18BrNO2. The van der Waals surface area contributed by atoms with E-state index in [-0.39, 0.29) is 5.91 Å². The van der Waals surface area contributed by atoms with E-state index in [9.17, 15) is 4.79 Å². The number of carbonyl (C=O) groups is 1. The molecule has 0 spiro atoms. The van der Waals surface area contributed by atoms with E-state index in [1.54, 1.807) is 7.11 Å². The van der Waals surface area contributed by atoms with E-state index in [4.69, 9.17) is 4.74 Å². The first-order valence-electron chi connectivity index (χ1n) is 6.23. The van der Waals surface area contributed by atoms with Crippen molar-refractivity contribution in [3.05, 3.63) is 28.2 Å². The van der Waals surface area contributed by atoms with Crippen molar-refractivity contribution in [1.82, 2.24) is 4.90 Å². The van der Waals surface area contributed by atoms with Crippen molar-refractivity contribution in [1.29, 1.82) is 0 Å². The summed E-state index contributed by atoms with van der Waals surface area (Å²) in [5, 5.41) is 0. The molecule has 1 aromatic rings. The van der Waals surface area contributed by atoms with Crippen molar-refractivity contribution < 1.29 is 9.53 Å². The number of rotatable bonds is 3. The Bertz CT molecular complexity index is 447. The summed E-state index contributed by atoms with van der Waals surface area (Å²) in [5.41, 5.74) is 0.941. The van der Waals surface area contributed by atoms with Crippen LogP contribution >= 0.6 is 15.9 Å². The van der Waals surface area contributed by atoms with Gasteiger partial charge in [-0.25, -0.2) is 0 Å². The Labute approximate surface area is 116 Å². The monoisotopic (exact) mass is 311 g/mol. The SMILES string of the molecule is COc1ccc(Br)cc1CC(=O)N1CCCC1C. The summed E-state index contributed by atoms with van der Waals surface area (Å²) >= 11 is 3.43. The zero-order valence-electron chi connectivity index (χ0n) is 10.8. The Balaban J connectivity index is 2.13. The normalized spacial score (nSPS) is 19.1. The fraction of sp³-hybridized carbons (Fsp3) is 0.500. The van der Waals surface area contributed by atoms with Gasteiger partial charge >= 0.3 is 0 Å². The number of amides is 1. The lowest BCUT2D eigenvalue weighted by Crippen LogP contribution is -2.34. The van der Waals surface area contributed by atoms with Crippen molar-refractivity contribution in [2.75, 3.05) is 13.7 Å². The summed E-state index contributed by atoms with van der Waals surface area (Å²) in [6.07, 6.45) is 2.64. The topological polar surface area (TPSA) is 29.5 Å². The third-order valence-corrected chi connectivity index (χ3v) is 3.95.